The minimum Gasteiger partial charge on any atom is -0.462 e. The number of esters is 3. The molecule has 8 nitrogen and oxygen atoms in total. The average Bonchev–Trinajstić information content (AvgIpc) is 3.33. The largest absolute Gasteiger partial charge is 0.462 e. The lowest BCUT2D eigenvalue weighted by atomic mass is 9.80. The number of ether oxygens (including phenoxy) is 3. The Hall–Kier alpha value is -2.90. The van der Waals surface area contributed by atoms with Gasteiger partial charge in [-0.15, -0.1) is 0 Å². The number of anilines is 1. The van der Waals surface area contributed by atoms with Gasteiger partial charge in [-0.2, -0.15) is 0 Å². The molecule has 5 atom stereocenters. The van der Waals surface area contributed by atoms with Crippen LogP contribution in [0.4, 0.5) is 5.69 Å². The molecule has 3 fully saturated rings. The van der Waals surface area contributed by atoms with Gasteiger partial charge < -0.3 is 19.5 Å². The molecule has 0 radical (unpaired) electrons. The summed E-state index contributed by atoms with van der Waals surface area (Å²) in [6.45, 7) is 3.80. The molecule has 4 rings (SSSR count). The second kappa shape index (κ2) is 8.08. The molecule has 30 heavy (non-hydrogen) atoms. The van der Waals surface area contributed by atoms with E-state index in [1.54, 1.807) is 24.3 Å². The Morgan fingerprint density at radius 3 is 2.57 bits per heavy atom. The highest BCUT2D eigenvalue weighted by atomic mass is 16.6. The second-order valence-corrected chi connectivity index (χ2v) is 8.65. The number of benzene rings is 1. The van der Waals surface area contributed by atoms with Crippen molar-refractivity contribution in [1.29, 1.82) is 0 Å². The topological polar surface area (TPSA) is 108 Å². The summed E-state index contributed by atoms with van der Waals surface area (Å²) >= 11 is 0. The first kappa shape index (κ1) is 20.4. The number of fused-ring (bicyclic) bond motifs is 1. The van der Waals surface area contributed by atoms with Crippen molar-refractivity contribution in [3.8, 4) is 0 Å². The second-order valence-electron chi connectivity index (χ2n) is 8.65. The lowest BCUT2D eigenvalue weighted by Crippen LogP contribution is -2.34. The number of hydrogen-bond acceptors (Lipinski definition) is 7. The Labute approximate surface area is 174 Å². The van der Waals surface area contributed by atoms with Gasteiger partial charge in [-0.3, -0.25) is 14.4 Å². The smallest absolute Gasteiger partial charge is 0.338 e. The van der Waals surface area contributed by atoms with Crippen molar-refractivity contribution in [2.45, 2.75) is 32.8 Å². The molecule has 2 aliphatic carbocycles. The molecule has 0 aromatic heterocycles. The molecule has 3 aliphatic rings. The minimum absolute atomic E-state index is 0.0505. The number of amides is 1. The van der Waals surface area contributed by atoms with Gasteiger partial charge in [0.2, 0.25) is 0 Å². The third-order valence-corrected chi connectivity index (χ3v) is 6.05. The van der Waals surface area contributed by atoms with Crippen molar-refractivity contribution in [3.05, 3.63) is 29.8 Å². The first-order valence-electron chi connectivity index (χ1n) is 10.3. The van der Waals surface area contributed by atoms with Gasteiger partial charge in [-0.25, -0.2) is 4.79 Å². The maximum atomic E-state index is 12.5. The maximum absolute atomic E-state index is 12.5. The van der Waals surface area contributed by atoms with Gasteiger partial charge in [0.15, 0.2) is 6.61 Å². The lowest BCUT2D eigenvalue weighted by Gasteiger charge is -2.22. The van der Waals surface area contributed by atoms with Crippen LogP contribution in [0.25, 0.3) is 0 Å². The third kappa shape index (κ3) is 3.91. The maximum Gasteiger partial charge on any atom is 0.338 e. The molecular weight excluding hydrogens is 390 g/mol. The van der Waals surface area contributed by atoms with Crippen LogP contribution < -0.4 is 5.32 Å². The molecular formula is C22H25NO7. The van der Waals surface area contributed by atoms with Gasteiger partial charge in [0, 0.05) is 11.6 Å². The minimum atomic E-state index is -0.511. The van der Waals surface area contributed by atoms with Crippen LogP contribution in [-0.4, -0.2) is 43.1 Å². The van der Waals surface area contributed by atoms with Crippen LogP contribution in [0.3, 0.4) is 0 Å². The third-order valence-electron chi connectivity index (χ3n) is 6.05. The Balaban J connectivity index is 1.26. The molecule has 8 heteroatoms. The van der Waals surface area contributed by atoms with E-state index >= 15 is 0 Å². The van der Waals surface area contributed by atoms with E-state index in [1.807, 2.05) is 13.8 Å². The Kier molecular flexibility index (Phi) is 5.49. The van der Waals surface area contributed by atoms with E-state index in [9.17, 15) is 19.2 Å². The predicted octanol–water partition coefficient (Wildman–Crippen LogP) is 2.18. The molecule has 1 aromatic carbocycles. The molecule has 1 heterocycles. The van der Waals surface area contributed by atoms with Crippen molar-refractivity contribution in [1.82, 2.24) is 0 Å². The van der Waals surface area contributed by atoms with Gasteiger partial charge in [0.25, 0.3) is 5.91 Å². The Bertz CT molecular complexity index is 861. The highest BCUT2D eigenvalue weighted by molar-refractivity contribution is 5.95. The summed E-state index contributed by atoms with van der Waals surface area (Å²) in [5, 5.41) is 2.62. The molecule has 2 bridgehead atoms. The zero-order chi connectivity index (χ0) is 21.4. The van der Waals surface area contributed by atoms with E-state index in [0.29, 0.717) is 24.3 Å². The quantitative estimate of drug-likeness (QED) is 0.537. The normalized spacial score (nSPS) is 28.4. The summed E-state index contributed by atoms with van der Waals surface area (Å²) in [4.78, 5) is 48.5. The number of nitrogens with one attached hydrogen (secondary N) is 1. The van der Waals surface area contributed by atoms with Gasteiger partial charge in [-0.1, -0.05) is 13.8 Å². The summed E-state index contributed by atoms with van der Waals surface area (Å²) < 4.78 is 15.7. The van der Waals surface area contributed by atoms with Crippen LogP contribution in [0.5, 0.6) is 0 Å². The molecule has 1 aromatic rings. The summed E-state index contributed by atoms with van der Waals surface area (Å²) in [6, 6.07) is 6.27. The molecule has 160 valence electrons. The molecule has 1 saturated heterocycles. The summed E-state index contributed by atoms with van der Waals surface area (Å²) in [5.41, 5.74) is 0.858. The van der Waals surface area contributed by atoms with Gasteiger partial charge in [0.05, 0.1) is 24.0 Å². The fraction of sp³-hybridized carbons (Fsp3) is 0.545. The fourth-order valence-electron chi connectivity index (χ4n) is 4.77. The first-order valence-corrected chi connectivity index (χ1v) is 10.3. The van der Waals surface area contributed by atoms with Crippen LogP contribution in [0.1, 0.15) is 37.0 Å². The SMILES string of the molecule is CC(C)COC(=O)c1ccc(NC(=O)COC(=O)[C@H]2[C@@H]3C[C@@H]4[C@@H]2C(=O)O[C@@H]4C3)cc1. The zero-order valence-corrected chi connectivity index (χ0v) is 17.0. The van der Waals surface area contributed by atoms with Crippen LogP contribution in [-0.2, 0) is 28.6 Å². The molecule has 1 amide bonds. The van der Waals surface area contributed by atoms with Crippen molar-refractivity contribution in [3.63, 3.8) is 0 Å². The first-order chi connectivity index (χ1) is 14.3. The van der Waals surface area contributed by atoms with E-state index in [2.05, 4.69) is 5.32 Å². The van der Waals surface area contributed by atoms with Crippen LogP contribution >= 0.6 is 0 Å². The molecule has 0 unspecified atom stereocenters. The van der Waals surface area contributed by atoms with Crippen LogP contribution in [0.15, 0.2) is 24.3 Å². The summed E-state index contributed by atoms with van der Waals surface area (Å²) in [5.74, 6) is -2.23. The van der Waals surface area contributed by atoms with E-state index in [1.165, 1.54) is 0 Å². The number of carbonyl (C=O) groups excluding carboxylic acids is 4. The molecule has 1 N–H and O–H groups in total. The van der Waals surface area contributed by atoms with Crippen LogP contribution in [0, 0.1) is 29.6 Å². The van der Waals surface area contributed by atoms with Crippen molar-refractivity contribution in [2.24, 2.45) is 29.6 Å². The molecule has 0 spiro atoms. The standard InChI is InChI=1S/C22H25NO7/c1-11(2)9-28-20(25)12-3-5-14(6-4-12)23-17(24)10-29-21(26)18-13-7-15-16(8-13)30-22(27)19(15)18/h3-6,11,13,15-16,18-19H,7-10H2,1-2H3,(H,23,24)/t13-,15+,16-,18+,19+/m1/s1. The highest BCUT2D eigenvalue weighted by Crippen LogP contribution is 2.57. The lowest BCUT2D eigenvalue weighted by molar-refractivity contribution is -0.157. The van der Waals surface area contributed by atoms with E-state index < -0.39 is 36.3 Å². The Morgan fingerprint density at radius 2 is 1.87 bits per heavy atom. The van der Waals surface area contributed by atoms with Gasteiger partial charge in [0.1, 0.15) is 6.10 Å². The monoisotopic (exact) mass is 415 g/mol. The van der Waals surface area contributed by atoms with Crippen molar-refractivity contribution >= 4 is 29.5 Å². The zero-order valence-electron chi connectivity index (χ0n) is 17.0. The van der Waals surface area contributed by atoms with Gasteiger partial charge in [-0.05, 0) is 48.9 Å². The molecule has 2 saturated carbocycles. The summed E-state index contributed by atoms with van der Waals surface area (Å²) in [7, 11) is 0. The highest BCUT2D eigenvalue weighted by Gasteiger charge is 2.64. The van der Waals surface area contributed by atoms with E-state index in [0.717, 1.165) is 6.42 Å². The van der Waals surface area contributed by atoms with E-state index in [-0.39, 0.29) is 29.8 Å². The van der Waals surface area contributed by atoms with Crippen LogP contribution in [0.2, 0.25) is 0 Å². The molecule has 1 aliphatic heterocycles. The van der Waals surface area contributed by atoms with Crippen molar-refractivity contribution < 1.29 is 33.4 Å². The predicted molar refractivity (Wildman–Crippen MR) is 104 cm³/mol. The average molecular weight is 415 g/mol. The fourth-order valence-corrected chi connectivity index (χ4v) is 4.77. The summed E-state index contributed by atoms with van der Waals surface area (Å²) in [6.07, 6.45) is 1.45. The number of carbonyl (C=O) groups is 4. The van der Waals surface area contributed by atoms with E-state index in [4.69, 9.17) is 14.2 Å². The number of rotatable bonds is 7. The number of hydrogen-bond donors (Lipinski definition) is 1. The van der Waals surface area contributed by atoms with Crippen molar-refractivity contribution in [2.75, 3.05) is 18.5 Å². The Morgan fingerprint density at radius 1 is 1.13 bits per heavy atom. The van der Waals surface area contributed by atoms with Gasteiger partial charge >= 0.3 is 17.9 Å².